The molecule has 0 aromatic rings. The van der Waals surface area contributed by atoms with Crippen LogP contribution < -0.4 is 5.32 Å². The van der Waals surface area contributed by atoms with E-state index in [9.17, 15) is 4.79 Å². The van der Waals surface area contributed by atoms with Gasteiger partial charge in [-0.3, -0.25) is 4.79 Å². The SMILES string of the molecule is COC(C)C(=O)NC(CO)C(C)C. The summed E-state index contributed by atoms with van der Waals surface area (Å²) in [5.74, 6) is 0.0354. The standard InChI is InChI=1S/C9H19NO3/c1-6(2)8(5-11)10-9(12)7(3)13-4/h6-8,11H,5H2,1-4H3,(H,10,12). The molecule has 2 unspecified atom stereocenters. The summed E-state index contributed by atoms with van der Waals surface area (Å²) in [6.45, 7) is 5.52. The van der Waals surface area contributed by atoms with E-state index in [0.717, 1.165) is 0 Å². The first-order valence-electron chi connectivity index (χ1n) is 4.47. The Labute approximate surface area is 79.3 Å². The molecule has 2 N–H and O–H groups in total. The Morgan fingerprint density at radius 3 is 2.31 bits per heavy atom. The Balaban J connectivity index is 4.01. The van der Waals surface area contributed by atoms with E-state index >= 15 is 0 Å². The van der Waals surface area contributed by atoms with Crippen LogP contribution in [0.25, 0.3) is 0 Å². The highest BCUT2D eigenvalue weighted by Crippen LogP contribution is 2.01. The first-order valence-corrected chi connectivity index (χ1v) is 4.47. The van der Waals surface area contributed by atoms with Crippen molar-refractivity contribution in [2.24, 2.45) is 5.92 Å². The summed E-state index contributed by atoms with van der Waals surface area (Å²) in [5.41, 5.74) is 0. The fraction of sp³-hybridized carbons (Fsp3) is 0.889. The van der Waals surface area contributed by atoms with Gasteiger partial charge in [0.2, 0.25) is 5.91 Å². The van der Waals surface area contributed by atoms with Crippen LogP contribution in [0.5, 0.6) is 0 Å². The number of carbonyl (C=O) groups excluding carboxylic acids is 1. The third-order valence-corrected chi connectivity index (χ3v) is 2.05. The zero-order valence-corrected chi connectivity index (χ0v) is 8.70. The average molecular weight is 189 g/mol. The molecule has 0 saturated heterocycles. The van der Waals surface area contributed by atoms with Gasteiger partial charge in [0.15, 0.2) is 0 Å². The number of hydrogen-bond donors (Lipinski definition) is 2. The molecule has 0 bridgehead atoms. The molecule has 0 radical (unpaired) electrons. The highest BCUT2D eigenvalue weighted by atomic mass is 16.5. The van der Waals surface area contributed by atoms with Gasteiger partial charge in [-0.05, 0) is 12.8 Å². The molecule has 0 aromatic heterocycles. The summed E-state index contributed by atoms with van der Waals surface area (Å²) in [6.07, 6.45) is -0.465. The second kappa shape index (κ2) is 5.94. The van der Waals surface area contributed by atoms with E-state index in [0.29, 0.717) is 0 Å². The van der Waals surface area contributed by atoms with Crippen LogP contribution in [0.1, 0.15) is 20.8 Å². The van der Waals surface area contributed by atoms with Crippen LogP contribution in [0.4, 0.5) is 0 Å². The lowest BCUT2D eigenvalue weighted by molar-refractivity contribution is -0.131. The quantitative estimate of drug-likeness (QED) is 0.647. The van der Waals surface area contributed by atoms with Crippen molar-refractivity contribution in [1.29, 1.82) is 0 Å². The number of ether oxygens (including phenoxy) is 1. The van der Waals surface area contributed by atoms with E-state index in [2.05, 4.69) is 5.32 Å². The number of hydrogen-bond acceptors (Lipinski definition) is 3. The number of carbonyl (C=O) groups is 1. The van der Waals surface area contributed by atoms with Crippen molar-refractivity contribution in [3.05, 3.63) is 0 Å². The minimum atomic E-state index is -0.465. The fourth-order valence-electron chi connectivity index (χ4n) is 0.830. The Morgan fingerprint density at radius 2 is 2.00 bits per heavy atom. The van der Waals surface area contributed by atoms with Gasteiger partial charge in [-0.25, -0.2) is 0 Å². The van der Waals surface area contributed by atoms with Gasteiger partial charge in [-0.2, -0.15) is 0 Å². The predicted octanol–water partition coefficient (Wildman–Crippen LogP) is 0.154. The van der Waals surface area contributed by atoms with E-state index in [1.165, 1.54) is 7.11 Å². The van der Waals surface area contributed by atoms with Crippen LogP contribution in [0.15, 0.2) is 0 Å². The molecule has 78 valence electrons. The van der Waals surface area contributed by atoms with Gasteiger partial charge < -0.3 is 15.2 Å². The topological polar surface area (TPSA) is 58.6 Å². The minimum Gasteiger partial charge on any atom is -0.394 e. The highest BCUT2D eigenvalue weighted by molar-refractivity contribution is 5.80. The maximum Gasteiger partial charge on any atom is 0.249 e. The summed E-state index contributed by atoms with van der Waals surface area (Å²) in [4.78, 5) is 11.3. The molecule has 0 aliphatic rings. The van der Waals surface area contributed by atoms with Crippen LogP contribution in [0.2, 0.25) is 0 Å². The predicted molar refractivity (Wildman–Crippen MR) is 50.3 cm³/mol. The van der Waals surface area contributed by atoms with Gasteiger partial charge in [0.1, 0.15) is 6.10 Å². The summed E-state index contributed by atoms with van der Waals surface area (Å²) >= 11 is 0. The van der Waals surface area contributed by atoms with E-state index < -0.39 is 6.10 Å². The van der Waals surface area contributed by atoms with Crippen molar-refractivity contribution in [3.63, 3.8) is 0 Å². The van der Waals surface area contributed by atoms with Crippen LogP contribution in [0, 0.1) is 5.92 Å². The van der Waals surface area contributed by atoms with Crippen molar-refractivity contribution in [2.75, 3.05) is 13.7 Å². The van der Waals surface area contributed by atoms with Crippen LogP contribution in [0.3, 0.4) is 0 Å². The van der Waals surface area contributed by atoms with E-state index in [1.54, 1.807) is 6.92 Å². The molecule has 0 fully saturated rings. The molecule has 13 heavy (non-hydrogen) atoms. The molecular weight excluding hydrogens is 170 g/mol. The Morgan fingerprint density at radius 1 is 1.46 bits per heavy atom. The normalized spacial score (nSPS) is 15.5. The lowest BCUT2D eigenvalue weighted by atomic mass is 10.1. The Hall–Kier alpha value is -0.610. The van der Waals surface area contributed by atoms with Crippen LogP contribution >= 0.6 is 0 Å². The minimum absolute atomic E-state index is 0.0418. The number of aliphatic hydroxyl groups is 1. The number of amides is 1. The van der Waals surface area contributed by atoms with Crippen LogP contribution in [-0.2, 0) is 9.53 Å². The zero-order valence-electron chi connectivity index (χ0n) is 8.70. The first-order chi connectivity index (χ1) is 6.02. The monoisotopic (exact) mass is 189 g/mol. The number of nitrogens with one attached hydrogen (secondary N) is 1. The third-order valence-electron chi connectivity index (χ3n) is 2.05. The van der Waals surface area contributed by atoms with E-state index in [1.807, 2.05) is 13.8 Å². The largest absolute Gasteiger partial charge is 0.394 e. The van der Waals surface area contributed by atoms with Crippen molar-refractivity contribution in [1.82, 2.24) is 5.32 Å². The van der Waals surface area contributed by atoms with Gasteiger partial charge >= 0.3 is 0 Å². The Kier molecular flexibility index (Phi) is 5.66. The van der Waals surface area contributed by atoms with E-state index in [-0.39, 0.29) is 24.5 Å². The number of rotatable bonds is 5. The summed E-state index contributed by atoms with van der Waals surface area (Å²) < 4.78 is 4.84. The number of aliphatic hydroxyl groups excluding tert-OH is 1. The third kappa shape index (κ3) is 4.24. The molecule has 0 saturated carbocycles. The highest BCUT2D eigenvalue weighted by Gasteiger charge is 2.18. The second-order valence-corrected chi connectivity index (χ2v) is 3.42. The van der Waals surface area contributed by atoms with Crippen molar-refractivity contribution in [2.45, 2.75) is 32.9 Å². The molecule has 0 rings (SSSR count). The maximum atomic E-state index is 11.3. The van der Waals surface area contributed by atoms with E-state index in [4.69, 9.17) is 9.84 Å². The zero-order chi connectivity index (χ0) is 10.4. The van der Waals surface area contributed by atoms with Gasteiger partial charge in [0.25, 0.3) is 0 Å². The average Bonchev–Trinajstić information content (AvgIpc) is 2.11. The molecule has 4 nitrogen and oxygen atoms in total. The first kappa shape index (κ1) is 12.4. The molecule has 1 amide bonds. The van der Waals surface area contributed by atoms with Crippen molar-refractivity contribution < 1.29 is 14.6 Å². The van der Waals surface area contributed by atoms with Gasteiger partial charge in [0.05, 0.1) is 12.6 Å². The number of methoxy groups -OCH3 is 1. The molecule has 0 spiro atoms. The van der Waals surface area contributed by atoms with Gasteiger partial charge in [-0.15, -0.1) is 0 Å². The molecule has 2 atom stereocenters. The molecule has 0 aromatic carbocycles. The molecule has 0 aliphatic heterocycles. The smallest absolute Gasteiger partial charge is 0.249 e. The summed E-state index contributed by atoms with van der Waals surface area (Å²) in [6, 6.07) is -0.190. The summed E-state index contributed by atoms with van der Waals surface area (Å²) in [7, 11) is 1.48. The molecular formula is C9H19NO3. The molecule has 0 aliphatic carbocycles. The Bertz CT molecular complexity index is 159. The van der Waals surface area contributed by atoms with Crippen molar-refractivity contribution >= 4 is 5.91 Å². The second-order valence-electron chi connectivity index (χ2n) is 3.42. The molecule has 0 heterocycles. The summed E-state index contributed by atoms with van der Waals surface area (Å²) in [5, 5.41) is 11.6. The van der Waals surface area contributed by atoms with Crippen LogP contribution in [-0.4, -0.2) is 36.9 Å². The van der Waals surface area contributed by atoms with Crippen molar-refractivity contribution in [3.8, 4) is 0 Å². The van der Waals surface area contributed by atoms with Gasteiger partial charge in [-0.1, -0.05) is 13.8 Å². The molecule has 4 heteroatoms. The lowest BCUT2D eigenvalue weighted by Gasteiger charge is -2.21. The fourth-order valence-corrected chi connectivity index (χ4v) is 0.830. The van der Waals surface area contributed by atoms with Gasteiger partial charge in [0, 0.05) is 7.11 Å². The lowest BCUT2D eigenvalue weighted by Crippen LogP contribution is -2.45. The maximum absolute atomic E-state index is 11.3.